The first-order valence-electron chi connectivity index (χ1n) is 7.81. The molecule has 0 bridgehead atoms. The van der Waals surface area contributed by atoms with Crippen molar-refractivity contribution in [3.05, 3.63) is 33.4 Å². The zero-order valence-electron chi connectivity index (χ0n) is 12.9. The summed E-state index contributed by atoms with van der Waals surface area (Å²) in [6, 6.07) is 6.52. The van der Waals surface area contributed by atoms with E-state index in [0.29, 0.717) is 5.56 Å². The Balaban J connectivity index is 1.80. The van der Waals surface area contributed by atoms with Crippen molar-refractivity contribution in [2.45, 2.75) is 51.6 Å². The van der Waals surface area contributed by atoms with Crippen LogP contribution in [-0.4, -0.2) is 25.1 Å². The maximum atomic E-state index is 9.53. The third-order valence-corrected chi connectivity index (χ3v) is 7.26. The molecule has 112 valence electrons. The molecule has 0 amide bonds. The van der Waals surface area contributed by atoms with E-state index in [0.717, 1.165) is 40.8 Å². The molecule has 1 aliphatic heterocycles. The minimum atomic E-state index is -0.0285. The summed E-state index contributed by atoms with van der Waals surface area (Å²) < 4.78 is 8.80. The molecule has 1 aliphatic carbocycles. The number of hydrogen-bond acceptors (Lipinski definition) is 3. The summed E-state index contributed by atoms with van der Waals surface area (Å²) >= 11 is 0.287. The van der Waals surface area contributed by atoms with E-state index >= 15 is 0 Å². The molecule has 0 unspecified atom stereocenters. The number of benzene rings is 1. The zero-order valence-corrected chi connectivity index (χ0v) is 14.6. The van der Waals surface area contributed by atoms with E-state index < -0.39 is 0 Å². The average Bonchev–Trinajstić information content (AvgIpc) is 3.19. The third-order valence-electron chi connectivity index (χ3n) is 4.91. The summed E-state index contributed by atoms with van der Waals surface area (Å²) in [6.07, 6.45) is 5.66. The van der Waals surface area contributed by atoms with Crippen molar-refractivity contribution in [1.82, 2.24) is 4.98 Å². The summed E-state index contributed by atoms with van der Waals surface area (Å²) in [5.74, 6) is 0.834. The molecule has 4 rings (SSSR count). The fourth-order valence-electron chi connectivity index (χ4n) is 3.64. The van der Waals surface area contributed by atoms with E-state index in [1.165, 1.54) is 22.8 Å². The predicted octanol–water partition coefficient (Wildman–Crippen LogP) is 3.54. The van der Waals surface area contributed by atoms with Crippen LogP contribution < -0.4 is 4.74 Å². The van der Waals surface area contributed by atoms with E-state index in [1.54, 1.807) is 0 Å². The molecule has 1 saturated carbocycles. The van der Waals surface area contributed by atoms with Crippen LogP contribution in [0.25, 0.3) is 10.1 Å². The monoisotopic (exact) mass is 358 g/mol. The van der Waals surface area contributed by atoms with Gasteiger partial charge >= 0.3 is 136 Å². The van der Waals surface area contributed by atoms with Crippen LogP contribution >= 0.6 is 0 Å². The second-order valence-corrected chi connectivity index (χ2v) is 8.98. The Kier molecular flexibility index (Phi) is 3.18. The van der Waals surface area contributed by atoms with Gasteiger partial charge in [-0.15, -0.1) is 0 Å². The second kappa shape index (κ2) is 4.98. The SMILES string of the molecule is Cc1nc(-c2cc(C#N)c3c(c2)CC2(CCCC2)O3)[se]c1C. The molecule has 2 aliphatic rings. The van der Waals surface area contributed by atoms with E-state index in [2.05, 4.69) is 26.0 Å². The topological polar surface area (TPSA) is 45.9 Å². The van der Waals surface area contributed by atoms with Crippen molar-refractivity contribution in [3.63, 3.8) is 0 Å². The summed E-state index contributed by atoms with van der Waals surface area (Å²) in [5.41, 5.74) is 4.11. The quantitative estimate of drug-likeness (QED) is 0.734. The number of ether oxygens (including phenoxy) is 1. The van der Waals surface area contributed by atoms with Crippen LogP contribution in [-0.2, 0) is 6.42 Å². The molecule has 2 heterocycles. The van der Waals surface area contributed by atoms with Gasteiger partial charge < -0.3 is 0 Å². The fraction of sp³-hybridized carbons (Fsp3) is 0.444. The van der Waals surface area contributed by atoms with Gasteiger partial charge in [0.1, 0.15) is 0 Å². The Morgan fingerprint density at radius 2 is 2.05 bits per heavy atom. The van der Waals surface area contributed by atoms with Crippen molar-refractivity contribution in [2.75, 3.05) is 0 Å². The molecule has 3 nitrogen and oxygen atoms in total. The van der Waals surface area contributed by atoms with Gasteiger partial charge in [-0.25, -0.2) is 0 Å². The van der Waals surface area contributed by atoms with E-state index in [4.69, 9.17) is 9.72 Å². The van der Waals surface area contributed by atoms with Crippen LogP contribution in [0, 0.1) is 25.2 Å². The van der Waals surface area contributed by atoms with Gasteiger partial charge in [-0.05, 0) is 0 Å². The number of hydrogen-bond donors (Lipinski definition) is 0. The summed E-state index contributed by atoms with van der Waals surface area (Å²) in [6.45, 7) is 4.22. The van der Waals surface area contributed by atoms with Crippen molar-refractivity contribution < 1.29 is 4.74 Å². The molecule has 2 aromatic rings. The molecule has 1 aromatic heterocycles. The zero-order chi connectivity index (χ0) is 15.3. The second-order valence-electron chi connectivity index (χ2n) is 6.45. The Morgan fingerprint density at radius 3 is 2.68 bits per heavy atom. The van der Waals surface area contributed by atoms with Gasteiger partial charge in [-0.2, -0.15) is 0 Å². The van der Waals surface area contributed by atoms with Crippen molar-refractivity contribution >= 4 is 14.5 Å². The summed E-state index contributed by atoms with van der Waals surface area (Å²) in [4.78, 5) is 4.70. The molecule has 1 aromatic carbocycles. The number of nitrogens with zero attached hydrogens (tertiary/aromatic N) is 2. The molecule has 4 heteroatoms. The first-order chi connectivity index (χ1) is 10.6. The van der Waals surface area contributed by atoms with Crippen LogP contribution in [0.5, 0.6) is 5.75 Å². The summed E-state index contributed by atoms with van der Waals surface area (Å²) in [5, 5.41) is 9.53. The average molecular weight is 357 g/mol. The number of nitriles is 1. The van der Waals surface area contributed by atoms with Gasteiger partial charge in [-0.3, -0.25) is 0 Å². The Bertz CT molecular complexity index is 775. The molecule has 0 atom stereocenters. The van der Waals surface area contributed by atoms with Gasteiger partial charge in [0.15, 0.2) is 0 Å². The van der Waals surface area contributed by atoms with Crippen LogP contribution in [0.15, 0.2) is 12.1 Å². The van der Waals surface area contributed by atoms with Gasteiger partial charge in [-0.1, -0.05) is 0 Å². The first kappa shape index (κ1) is 14.1. The van der Waals surface area contributed by atoms with Crippen LogP contribution in [0.2, 0.25) is 0 Å². The molecule has 0 saturated heterocycles. The number of aromatic nitrogens is 1. The van der Waals surface area contributed by atoms with Crippen LogP contribution in [0.3, 0.4) is 0 Å². The van der Waals surface area contributed by atoms with E-state index in [1.807, 2.05) is 6.07 Å². The van der Waals surface area contributed by atoms with E-state index in [-0.39, 0.29) is 20.1 Å². The van der Waals surface area contributed by atoms with E-state index in [9.17, 15) is 5.26 Å². The van der Waals surface area contributed by atoms with Gasteiger partial charge in [0, 0.05) is 0 Å². The molecule has 0 radical (unpaired) electrons. The standard InChI is InChI=1S/C18H18N2OSe/c1-11-12(2)22-17(20-11)13-7-14-9-18(5-3-4-6-18)21-16(14)15(8-13)10-19/h7-8H,3-6,9H2,1-2H3. The first-order valence-corrected chi connectivity index (χ1v) is 9.52. The normalized spacial score (nSPS) is 18.2. The molecule has 22 heavy (non-hydrogen) atoms. The van der Waals surface area contributed by atoms with Gasteiger partial charge in [0.2, 0.25) is 0 Å². The van der Waals surface area contributed by atoms with Crippen molar-refractivity contribution in [2.24, 2.45) is 0 Å². The third kappa shape index (κ3) is 2.12. The number of fused-ring (bicyclic) bond motifs is 1. The number of rotatable bonds is 1. The molecule has 1 fully saturated rings. The van der Waals surface area contributed by atoms with Crippen molar-refractivity contribution in [1.29, 1.82) is 5.26 Å². The fourth-order valence-corrected chi connectivity index (χ4v) is 5.53. The molecular formula is C18H18N2OSe. The summed E-state index contributed by atoms with van der Waals surface area (Å²) in [7, 11) is 0. The van der Waals surface area contributed by atoms with Crippen LogP contribution in [0.1, 0.15) is 46.9 Å². The Labute approximate surface area is 136 Å². The van der Waals surface area contributed by atoms with Gasteiger partial charge in [0.05, 0.1) is 0 Å². The molecular weight excluding hydrogens is 339 g/mol. The molecule has 1 spiro atoms. The van der Waals surface area contributed by atoms with Crippen molar-refractivity contribution in [3.8, 4) is 22.0 Å². The Hall–Kier alpha value is -1.56. The maximum absolute atomic E-state index is 9.53. The predicted molar refractivity (Wildman–Crippen MR) is 86.3 cm³/mol. The van der Waals surface area contributed by atoms with Crippen LogP contribution in [0.4, 0.5) is 0 Å². The number of aryl methyl sites for hydroxylation is 2. The Morgan fingerprint density at radius 1 is 1.27 bits per heavy atom. The molecule has 0 N–H and O–H groups in total. The van der Waals surface area contributed by atoms with Gasteiger partial charge in [0.25, 0.3) is 0 Å². The minimum absolute atomic E-state index is 0.0285.